The van der Waals surface area contributed by atoms with E-state index in [-0.39, 0.29) is 21.6 Å². The molecule has 1 aliphatic heterocycles. The van der Waals surface area contributed by atoms with E-state index < -0.39 is 11.7 Å². The molecule has 23 heavy (non-hydrogen) atoms. The fraction of sp³-hybridized carbons (Fsp3) is 0.571. The van der Waals surface area contributed by atoms with Gasteiger partial charge in [-0.3, -0.25) is 0 Å². The number of pyridine rings is 1. The van der Waals surface area contributed by atoms with Crippen LogP contribution in [0.15, 0.2) is 12.1 Å². The smallest absolute Gasteiger partial charge is 0.384 e. The lowest BCUT2D eigenvalue weighted by Gasteiger charge is -2.26. The first kappa shape index (κ1) is 17.4. The van der Waals surface area contributed by atoms with Crippen LogP contribution in [0.1, 0.15) is 20.8 Å². The number of hydrogen-bond acceptors (Lipinski definition) is 6. The zero-order chi connectivity index (χ0) is 17.0. The van der Waals surface area contributed by atoms with Crippen LogP contribution in [0.3, 0.4) is 0 Å². The van der Waals surface area contributed by atoms with Gasteiger partial charge in [-0.25, -0.2) is 9.63 Å². The van der Waals surface area contributed by atoms with E-state index in [0.717, 1.165) is 0 Å². The van der Waals surface area contributed by atoms with E-state index in [9.17, 15) is 9.70 Å². The minimum absolute atomic E-state index is 0.0205. The Morgan fingerprint density at radius 3 is 2.61 bits per heavy atom. The lowest BCUT2D eigenvalue weighted by atomic mass is 10.2. The van der Waals surface area contributed by atoms with Crippen LogP contribution >= 0.6 is 11.6 Å². The van der Waals surface area contributed by atoms with Crippen LogP contribution in [0.25, 0.3) is 0 Å². The van der Waals surface area contributed by atoms with Crippen molar-refractivity contribution < 1.29 is 19.3 Å². The summed E-state index contributed by atoms with van der Waals surface area (Å²) in [6.45, 7) is 7.61. The van der Waals surface area contributed by atoms with Gasteiger partial charge < -0.3 is 15.0 Å². The Morgan fingerprint density at radius 1 is 1.35 bits per heavy atom. The van der Waals surface area contributed by atoms with E-state index >= 15 is 0 Å². The van der Waals surface area contributed by atoms with Crippen LogP contribution in [0.5, 0.6) is 5.88 Å². The number of carbonyl (C=O) groups is 1. The maximum absolute atomic E-state index is 12.2. The van der Waals surface area contributed by atoms with Gasteiger partial charge in [-0.1, -0.05) is 11.6 Å². The summed E-state index contributed by atoms with van der Waals surface area (Å²) in [4.78, 5) is 35.3. The molecule has 126 valence electrons. The monoisotopic (exact) mass is 343 g/mol. The molecule has 0 bridgehead atoms. The third-order valence-electron chi connectivity index (χ3n) is 2.92. The predicted octanol–water partition coefficient (Wildman–Crippen LogP) is 2.28. The molecule has 1 amide bonds. The highest BCUT2D eigenvalue weighted by Crippen LogP contribution is 2.29. The molecule has 0 unspecified atom stereocenters. The molecule has 1 aromatic heterocycles. The Kier molecular flexibility index (Phi) is 5.38. The molecule has 9 heteroatoms. The second-order valence-electron chi connectivity index (χ2n) is 6.02. The number of ether oxygens (including phenoxy) is 1. The van der Waals surface area contributed by atoms with E-state index in [1.165, 1.54) is 17.0 Å². The number of piperazine rings is 1. The summed E-state index contributed by atoms with van der Waals surface area (Å²) < 4.78 is 5.24. The van der Waals surface area contributed by atoms with Gasteiger partial charge in [-0.2, -0.15) is 4.98 Å². The van der Waals surface area contributed by atoms with Gasteiger partial charge >= 0.3 is 17.7 Å². The molecule has 0 atom stereocenters. The van der Waals surface area contributed by atoms with Crippen LogP contribution in [0, 0.1) is 4.91 Å². The van der Waals surface area contributed by atoms with Gasteiger partial charge in [0.2, 0.25) is 0 Å². The van der Waals surface area contributed by atoms with Crippen LogP contribution in [-0.2, 0) is 4.84 Å². The molecule has 0 saturated carbocycles. The quantitative estimate of drug-likeness (QED) is 0.669. The van der Waals surface area contributed by atoms with Gasteiger partial charge in [0.15, 0.2) is 5.60 Å². The summed E-state index contributed by atoms with van der Waals surface area (Å²) >= 11 is 5.84. The summed E-state index contributed by atoms with van der Waals surface area (Å²) in [5.74, 6) is -0.180. The van der Waals surface area contributed by atoms with E-state index in [0.29, 0.717) is 26.2 Å². The molecule has 0 aliphatic carbocycles. The van der Waals surface area contributed by atoms with Gasteiger partial charge in [0.25, 0.3) is 4.92 Å². The van der Waals surface area contributed by atoms with Crippen LogP contribution < -0.4 is 10.1 Å². The van der Waals surface area contributed by atoms with Crippen molar-refractivity contribution in [1.82, 2.24) is 15.2 Å². The lowest BCUT2D eigenvalue weighted by Crippen LogP contribution is -2.47. The van der Waals surface area contributed by atoms with Crippen molar-refractivity contribution >= 4 is 23.4 Å². The van der Waals surface area contributed by atoms with Crippen molar-refractivity contribution in [2.24, 2.45) is 0 Å². The summed E-state index contributed by atoms with van der Waals surface area (Å²) in [5.41, 5.74) is -0.728. The van der Waals surface area contributed by atoms with Gasteiger partial charge in [0.1, 0.15) is 5.15 Å². The Hall–Kier alpha value is -1.93. The number of nitrogens with zero attached hydrogens (tertiary/aromatic N) is 3. The number of halogens is 1. The molecule has 2 heterocycles. The zero-order valence-electron chi connectivity index (χ0n) is 13.3. The fourth-order valence-corrected chi connectivity index (χ4v) is 2.06. The highest BCUT2D eigenvalue weighted by molar-refractivity contribution is 6.29. The second kappa shape index (κ2) is 7.10. The molecule has 8 nitrogen and oxygen atoms in total. The van der Waals surface area contributed by atoms with E-state index in [2.05, 4.69) is 10.3 Å². The molecule has 2 rings (SSSR count). The maximum atomic E-state index is 12.2. The summed E-state index contributed by atoms with van der Waals surface area (Å²) in [5, 5.41) is 3.25. The first-order chi connectivity index (χ1) is 10.8. The predicted molar refractivity (Wildman–Crippen MR) is 83.8 cm³/mol. The van der Waals surface area contributed by atoms with Crippen molar-refractivity contribution in [3.05, 3.63) is 22.2 Å². The van der Waals surface area contributed by atoms with Crippen LogP contribution in [-0.4, -0.2) is 52.7 Å². The highest BCUT2D eigenvalue weighted by atomic mass is 35.5. The Balaban J connectivity index is 2.18. The molecule has 0 spiro atoms. The number of carbonyl (C=O) groups excluding carboxylic acids is 1. The van der Waals surface area contributed by atoms with Gasteiger partial charge in [0.05, 0.1) is 4.91 Å². The fourth-order valence-electron chi connectivity index (χ4n) is 1.92. The first-order valence-corrected chi connectivity index (χ1v) is 7.64. The minimum Gasteiger partial charge on any atom is -0.384 e. The lowest BCUT2D eigenvalue weighted by molar-refractivity contribution is -0.766. The van der Waals surface area contributed by atoms with Crippen LogP contribution in [0.2, 0.25) is 5.15 Å². The van der Waals surface area contributed by atoms with E-state index in [1.807, 2.05) is 0 Å². The summed E-state index contributed by atoms with van der Waals surface area (Å²) in [6.07, 6.45) is -0.577. The largest absolute Gasteiger partial charge is 0.416 e. The standard InChI is InChI=1S/C14H20ClN4O4/c1-14(2,3)23-19(21)10-4-5-11(15)17-12(10)22-13(20)18-8-6-16-7-9-18/h4-5,16H,6-9H2,1-3H3/q+1. The second-order valence-corrected chi connectivity index (χ2v) is 6.41. The maximum Gasteiger partial charge on any atom is 0.416 e. The Bertz CT molecular complexity index is 597. The van der Waals surface area contributed by atoms with Gasteiger partial charge in [-0.05, 0) is 26.8 Å². The van der Waals surface area contributed by atoms with Crippen LogP contribution in [0.4, 0.5) is 10.5 Å². The average Bonchev–Trinajstić information content (AvgIpc) is 2.46. The third-order valence-corrected chi connectivity index (χ3v) is 3.13. The molecule has 1 saturated heterocycles. The van der Waals surface area contributed by atoms with Crippen molar-refractivity contribution in [3.8, 4) is 5.88 Å². The number of amides is 1. The average molecular weight is 344 g/mol. The SMILES string of the molecule is CC(C)(C)O[N+](=O)c1ccc(Cl)nc1OC(=O)N1CCNCC1. The van der Waals surface area contributed by atoms with E-state index in [1.54, 1.807) is 20.8 Å². The molecule has 1 N–H and O–H groups in total. The van der Waals surface area contributed by atoms with Gasteiger partial charge in [0, 0.05) is 32.2 Å². The molecule has 0 aromatic carbocycles. The van der Waals surface area contributed by atoms with Gasteiger partial charge in [-0.15, -0.1) is 0 Å². The van der Waals surface area contributed by atoms with Crippen molar-refractivity contribution in [3.63, 3.8) is 0 Å². The summed E-state index contributed by atoms with van der Waals surface area (Å²) in [6, 6.07) is 2.82. The number of aromatic nitrogens is 1. The number of nitrogens with one attached hydrogen (secondary N) is 1. The van der Waals surface area contributed by atoms with E-state index in [4.69, 9.17) is 21.2 Å². The Morgan fingerprint density at radius 2 is 2.00 bits per heavy atom. The molecule has 1 aliphatic rings. The normalized spacial score (nSPS) is 15.2. The van der Waals surface area contributed by atoms with Crippen molar-refractivity contribution in [2.45, 2.75) is 26.4 Å². The van der Waals surface area contributed by atoms with Crippen molar-refractivity contribution in [1.29, 1.82) is 0 Å². The first-order valence-electron chi connectivity index (χ1n) is 7.27. The number of rotatable bonds is 3. The molecule has 1 fully saturated rings. The zero-order valence-corrected chi connectivity index (χ0v) is 14.1. The minimum atomic E-state index is -0.707. The Labute approximate surface area is 139 Å². The number of hydrogen-bond donors (Lipinski definition) is 1. The highest BCUT2D eigenvalue weighted by Gasteiger charge is 2.32. The third kappa shape index (κ3) is 5.04. The molecular formula is C14H20ClN4O4+. The van der Waals surface area contributed by atoms with Crippen molar-refractivity contribution in [2.75, 3.05) is 26.2 Å². The molecular weight excluding hydrogens is 324 g/mol. The molecule has 1 aromatic rings. The summed E-state index contributed by atoms with van der Waals surface area (Å²) in [7, 11) is 0. The molecule has 0 radical (unpaired) electrons. The topological polar surface area (TPSA) is 83.8 Å².